The summed E-state index contributed by atoms with van der Waals surface area (Å²) in [5.41, 5.74) is 17.6. The van der Waals surface area contributed by atoms with Crippen molar-refractivity contribution in [2.24, 2.45) is 0 Å². The Bertz CT molecular complexity index is 4310. The lowest BCUT2D eigenvalue weighted by molar-refractivity contribution is 0.669. The Balaban J connectivity index is 0.000000133. The second kappa shape index (κ2) is 16.2. The third kappa shape index (κ3) is 6.31. The monoisotopic (exact) mass is 893 g/mol. The summed E-state index contributed by atoms with van der Waals surface area (Å²) in [6.07, 6.45) is 0. The minimum atomic E-state index is 0.923. The van der Waals surface area contributed by atoms with Crippen LogP contribution >= 0.6 is 0 Å². The van der Waals surface area contributed by atoms with Crippen LogP contribution in [-0.4, -0.2) is 13.7 Å². The van der Waals surface area contributed by atoms with E-state index >= 15 is 0 Å². The van der Waals surface area contributed by atoms with Crippen molar-refractivity contribution in [1.82, 2.24) is 13.7 Å². The molecule has 15 rings (SSSR count). The highest BCUT2D eigenvalue weighted by Crippen LogP contribution is 2.42. The SMILES string of the molecule is c1ccc(-c2ccc(-n3c4ccccc4c4cc(-c5ccc6oc7ccccc7c6c5)ccc43)cc2)cc1.c1ccc(-n2c3ccccc3c3ccc4c5ccccc5n(-c5ccccc5)c4c32)cc1. The molecule has 0 aliphatic carbocycles. The number of fused-ring (bicyclic) bond motifs is 13. The first-order chi connectivity index (χ1) is 34.7. The maximum Gasteiger partial charge on any atom is 0.135 e. The van der Waals surface area contributed by atoms with Crippen LogP contribution in [0.2, 0.25) is 0 Å². The first-order valence-electron chi connectivity index (χ1n) is 23.9. The first kappa shape index (κ1) is 39.8. The molecule has 328 valence electrons. The Kier molecular flexibility index (Phi) is 9.17. The largest absolute Gasteiger partial charge is 0.456 e. The summed E-state index contributed by atoms with van der Waals surface area (Å²) in [4.78, 5) is 0. The maximum atomic E-state index is 6.06. The van der Waals surface area contributed by atoms with E-state index in [0.717, 1.165) is 27.6 Å². The van der Waals surface area contributed by atoms with Crippen LogP contribution in [0.15, 0.2) is 265 Å². The number of hydrogen-bond acceptors (Lipinski definition) is 1. The van der Waals surface area contributed by atoms with E-state index in [1.54, 1.807) is 0 Å². The molecule has 0 atom stereocenters. The van der Waals surface area contributed by atoms with E-state index in [9.17, 15) is 0 Å². The topological polar surface area (TPSA) is 27.9 Å². The molecule has 4 aromatic heterocycles. The van der Waals surface area contributed by atoms with Gasteiger partial charge in [-0.3, -0.25) is 0 Å². The van der Waals surface area contributed by atoms with Crippen LogP contribution in [0, 0.1) is 0 Å². The highest BCUT2D eigenvalue weighted by atomic mass is 16.3. The van der Waals surface area contributed by atoms with Gasteiger partial charge in [0.05, 0.1) is 33.1 Å². The van der Waals surface area contributed by atoms with Crippen LogP contribution < -0.4 is 0 Å². The average Bonchev–Trinajstić information content (AvgIpc) is 4.18. The van der Waals surface area contributed by atoms with E-state index in [-0.39, 0.29) is 0 Å². The molecule has 0 amide bonds. The molecule has 15 aromatic rings. The summed E-state index contributed by atoms with van der Waals surface area (Å²) in [6, 6.07) is 93.1. The van der Waals surface area contributed by atoms with Crippen molar-refractivity contribution in [3.8, 4) is 39.3 Å². The van der Waals surface area contributed by atoms with E-state index in [1.807, 2.05) is 12.1 Å². The molecule has 0 aliphatic heterocycles. The lowest BCUT2D eigenvalue weighted by Gasteiger charge is -2.12. The van der Waals surface area contributed by atoms with Gasteiger partial charge >= 0.3 is 0 Å². The zero-order chi connectivity index (χ0) is 46.1. The van der Waals surface area contributed by atoms with E-state index in [0.29, 0.717) is 0 Å². The average molecular weight is 894 g/mol. The maximum absolute atomic E-state index is 6.06. The highest BCUT2D eigenvalue weighted by molar-refractivity contribution is 6.24. The van der Waals surface area contributed by atoms with E-state index < -0.39 is 0 Å². The Morgan fingerprint density at radius 1 is 0.214 bits per heavy atom. The predicted molar refractivity (Wildman–Crippen MR) is 294 cm³/mol. The van der Waals surface area contributed by atoms with Gasteiger partial charge < -0.3 is 18.1 Å². The predicted octanol–water partition coefficient (Wildman–Crippen LogP) is 17.9. The molecule has 0 spiro atoms. The molecule has 4 heteroatoms. The molecule has 0 N–H and O–H groups in total. The van der Waals surface area contributed by atoms with Gasteiger partial charge in [-0.2, -0.15) is 0 Å². The van der Waals surface area contributed by atoms with Gasteiger partial charge in [0.25, 0.3) is 0 Å². The van der Waals surface area contributed by atoms with E-state index in [4.69, 9.17) is 4.42 Å². The van der Waals surface area contributed by atoms with Crippen LogP contribution in [0.4, 0.5) is 0 Å². The molecule has 4 heterocycles. The number of rotatable bonds is 5. The zero-order valence-electron chi connectivity index (χ0n) is 38.1. The molecule has 0 radical (unpaired) electrons. The van der Waals surface area contributed by atoms with Crippen LogP contribution in [0.5, 0.6) is 0 Å². The van der Waals surface area contributed by atoms with E-state index in [2.05, 4.69) is 262 Å². The van der Waals surface area contributed by atoms with Crippen molar-refractivity contribution in [1.29, 1.82) is 0 Å². The summed E-state index contributed by atoms with van der Waals surface area (Å²) >= 11 is 0. The molecular formula is C66H43N3O. The minimum absolute atomic E-state index is 0.923. The van der Waals surface area contributed by atoms with Gasteiger partial charge in [-0.05, 0) is 107 Å². The molecule has 0 saturated heterocycles. The summed E-state index contributed by atoms with van der Waals surface area (Å²) in [5, 5.41) is 9.92. The van der Waals surface area contributed by atoms with Gasteiger partial charge in [0.15, 0.2) is 0 Å². The molecule has 0 bridgehead atoms. The van der Waals surface area contributed by atoms with Gasteiger partial charge in [-0.15, -0.1) is 0 Å². The van der Waals surface area contributed by atoms with Crippen LogP contribution in [0.25, 0.3) is 127 Å². The van der Waals surface area contributed by atoms with Crippen LogP contribution in [-0.2, 0) is 0 Å². The molecular weight excluding hydrogens is 851 g/mol. The lowest BCUT2D eigenvalue weighted by Crippen LogP contribution is -1.98. The summed E-state index contributed by atoms with van der Waals surface area (Å²) in [6.45, 7) is 0. The fraction of sp³-hybridized carbons (Fsp3) is 0. The third-order valence-corrected chi connectivity index (χ3v) is 14.1. The zero-order valence-corrected chi connectivity index (χ0v) is 38.1. The number of para-hydroxylation sites is 6. The highest BCUT2D eigenvalue weighted by Gasteiger charge is 2.21. The molecule has 0 fully saturated rings. The van der Waals surface area contributed by atoms with Gasteiger partial charge in [0, 0.05) is 60.2 Å². The Morgan fingerprint density at radius 3 is 1.19 bits per heavy atom. The smallest absolute Gasteiger partial charge is 0.135 e. The molecule has 0 aliphatic rings. The van der Waals surface area contributed by atoms with Gasteiger partial charge in [-0.25, -0.2) is 0 Å². The summed E-state index contributed by atoms with van der Waals surface area (Å²) in [5.74, 6) is 0. The number of furan rings is 1. The summed E-state index contributed by atoms with van der Waals surface area (Å²) < 4.78 is 13.3. The van der Waals surface area contributed by atoms with Crippen molar-refractivity contribution in [2.45, 2.75) is 0 Å². The normalized spacial score (nSPS) is 11.7. The molecule has 11 aromatic carbocycles. The van der Waals surface area contributed by atoms with Gasteiger partial charge in [-0.1, -0.05) is 176 Å². The number of nitrogens with zero attached hydrogens (tertiary/aromatic N) is 3. The Hall–Kier alpha value is -9.38. The van der Waals surface area contributed by atoms with Crippen LogP contribution in [0.1, 0.15) is 0 Å². The van der Waals surface area contributed by atoms with Crippen molar-refractivity contribution < 1.29 is 4.42 Å². The summed E-state index contributed by atoms with van der Waals surface area (Å²) in [7, 11) is 0. The van der Waals surface area contributed by atoms with Crippen LogP contribution in [0.3, 0.4) is 0 Å². The fourth-order valence-electron chi connectivity index (χ4n) is 11.0. The Morgan fingerprint density at radius 2 is 0.600 bits per heavy atom. The number of hydrogen-bond donors (Lipinski definition) is 0. The van der Waals surface area contributed by atoms with E-state index in [1.165, 1.54) is 99.0 Å². The molecule has 0 unspecified atom stereocenters. The Labute approximate surface area is 403 Å². The molecule has 70 heavy (non-hydrogen) atoms. The standard InChI is InChI=1S/C36H23NO.C30H20N2/c1-2-8-24(9-3-1)25-14-18-28(19-15-25)37-33-12-6-4-10-29(33)31-22-26(16-20-34(31)37)27-17-21-36-32(23-27)30-11-5-7-13-35(30)38-36;1-3-11-21(12-4-1)31-27-17-9-7-15-23(27)25-19-20-26-24-16-8-10-18-28(24)32(30(26)29(25)31)22-13-5-2-6-14-22/h1-23H;1-20H. The first-order valence-corrected chi connectivity index (χ1v) is 23.9. The van der Waals surface area contributed by atoms with Crippen molar-refractivity contribution in [2.75, 3.05) is 0 Å². The number of benzene rings is 11. The van der Waals surface area contributed by atoms with Crippen molar-refractivity contribution >= 4 is 87.4 Å². The number of aromatic nitrogens is 3. The molecule has 0 saturated carbocycles. The lowest BCUT2D eigenvalue weighted by atomic mass is 10.0. The quantitative estimate of drug-likeness (QED) is 0.169. The van der Waals surface area contributed by atoms with Gasteiger partial charge in [0.1, 0.15) is 11.2 Å². The minimum Gasteiger partial charge on any atom is -0.456 e. The van der Waals surface area contributed by atoms with Crippen molar-refractivity contribution in [3.05, 3.63) is 261 Å². The van der Waals surface area contributed by atoms with Gasteiger partial charge in [0.2, 0.25) is 0 Å². The second-order valence-electron chi connectivity index (χ2n) is 18.0. The fourth-order valence-corrected chi connectivity index (χ4v) is 11.0. The van der Waals surface area contributed by atoms with Crippen molar-refractivity contribution in [3.63, 3.8) is 0 Å². The third-order valence-electron chi connectivity index (χ3n) is 14.1. The second-order valence-corrected chi connectivity index (χ2v) is 18.0. The molecule has 4 nitrogen and oxygen atoms in total.